The smallest absolute Gasteiger partial charge is 0.0954 e. The summed E-state index contributed by atoms with van der Waals surface area (Å²) in [7, 11) is 0. The van der Waals surface area contributed by atoms with E-state index < -0.39 is 6.10 Å². The molecule has 13 heavy (non-hydrogen) atoms. The lowest BCUT2D eigenvalue weighted by atomic mass is 9.95. The van der Waals surface area contributed by atoms with Crippen molar-refractivity contribution in [3.63, 3.8) is 0 Å². The van der Waals surface area contributed by atoms with Crippen LogP contribution in [0.5, 0.6) is 0 Å². The number of hydrogen-bond donors (Lipinski definition) is 2. The van der Waals surface area contributed by atoms with Gasteiger partial charge in [-0.05, 0) is 25.7 Å². The monoisotopic (exact) mass is 187 g/mol. The van der Waals surface area contributed by atoms with Crippen molar-refractivity contribution in [3.8, 4) is 0 Å². The molecular weight excluding hydrogens is 166 g/mol. The second-order valence-electron chi connectivity index (χ2n) is 4.37. The first-order chi connectivity index (χ1) is 6.02. The zero-order valence-corrected chi connectivity index (χ0v) is 8.73. The van der Waals surface area contributed by atoms with Gasteiger partial charge in [-0.15, -0.1) is 0 Å². The molecule has 1 saturated heterocycles. The zero-order chi connectivity index (χ0) is 10.0. The molecule has 3 N–H and O–H groups in total. The summed E-state index contributed by atoms with van der Waals surface area (Å²) in [6.07, 6.45) is 1.69. The van der Waals surface area contributed by atoms with E-state index in [2.05, 4.69) is 0 Å². The van der Waals surface area contributed by atoms with Gasteiger partial charge in [-0.3, -0.25) is 0 Å². The summed E-state index contributed by atoms with van der Waals surface area (Å²) in [5.41, 5.74) is 5.86. The summed E-state index contributed by atoms with van der Waals surface area (Å²) < 4.78 is 5.56. The van der Waals surface area contributed by atoms with Crippen LogP contribution in [0.2, 0.25) is 0 Å². The largest absolute Gasteiger partial charge is 0.389 e. The Kier molecular flexibility index (Phi) is 3.71. The molecule has 1 aliphatic rings. The summed E-state index contributed by atoms with van der Waals surface area (Å²) in [6.45, 7) is 6.08. The molecule has 0 aromatic heterocycles. The Hall–Kier alpha value is -0.120. The van der Waals surface area contributed by atoms with Gasteiger partial charge in [-0.2, -0.15) is 0 Å². The van der Waals surface area contributed by atoms with Crippen LogP contribution < -0.4 is 5.73 Å². The second-order valence-corrected chi connectivity index (χ2v) is 4.37. The third-order valence-electron chi connectivity index (χ3n) is 2.81. The van der Waals surface area contributed by atoms with Crippen molar-refractivity contribution in [1.29, 1.82) is 0 Å². The number of hydrogen-bond acceptors (Lipinski definition) is 3. The van der Waals surface area contributed by atoms with E-state index in [1.165, 1.54) is 0 Å². The van der Waals surface area contributed by atoms with E-state index in [0.717, 1.165) is 12.8 Å². The van der Waals surface area contributed by atoms with E-state index in [1.54, 1.807) is 0 Å². The summed E-state index contributed by atoms with van der Waals surface area (Å²) >= 11 is 0. The SMILES string of the molecule is CC1CCC(C(O)C(N)C(C)C)O1. The molecule has 3 nitrogen and oxygen atoms in total. The Morgan fingerprint density at radius 2 is 2.00 bits per heavy atom. The van der Waals surface area contributed by atoms with Crippen LogP contribution in [-0.2, 0) is 4.74 Å². The van der Waals surface area contributed by atoms with Gasteiger partial charge in [0.05, 0.1) is 18.3 Å². The maximum absolute atomic E-state index is 9.86. The van der Waals surface area contributed by atoms with Crippen LogP contribution >= 0.6 is 0 Å². The van der Waals surface area contributed by atoms with Gasteiger partial charge >= 0.3 is 0 Å². The van der Waals surface area contributed by atoms with E-state index in [-0.39, 0.29) is 18.2 Å². The molecule has 78 valence electrons. The third kappa shape index (κ3) is 2.66. The molecule has 0 bridgehead atoms. The lowest BCUT2D eigenvalue weighted by Crippen LogP contribution is -2.46. The van der Waals surface area contributed by atoms with Crippen molar-refractivity contribution < 1.29 is 9.84 Å². The van der Waals surface area contributed by atoms with E-state index in [9.17, 15) is 5.11 Å². The minimum Gasteiger partial charge on any atom is -0.389 e. The summed E-state index contributed by atoms with van der Waals surface area (Å²) in [5.74, 6) is 0.300. The predicted molar refractivity (Wildman–Crippen MR) is 52.4 cm³/mol. The number of aliphatic hydroxyl groups excluding tert-OH is 1. The standard InChI is InChI=1S/C10H21NO2/c1-6(2)9(11)10(12)8-5-4-7(3)13-8/h6-10,12H,4-5,11H2,1-3H3. The van der Waals surface area contributed by atoms with Crippen LogP contribution in [0.3, 0.4) is 0 Å². The Balaban J connectivity index is 2.43. The molecule has 4 unspecified atom stereocenters. The quantitative estimate of drug-likeness (QED) is 0.690. The molecule has 0 amide bonds. The van der Waals surface area contributed by atoms with Gasteiger partial charge in [0.25, 0.3) is 0 Å². The molecule has 0 spiro atoms. The van der Waals surface area contributed by atoms with E-state index >= 15 is 0 Å². The van der Waals surface area contributed by atoms with Crippen LogP contribution in [0.4, 0.5) is 0 Å². The van der Waals surface area contributed by atoms with Gasteiger partial charge in [0, 0.05) is 6.04 Å². The molecular formula is C10H21NO2. The van der Waals surface area contributed by atoms with Gasteiger partial charge in [-0.1, -0.05) is 13.8 Å². The van der Waals surface area contributed by atoms with Crippen LogP contribution in [0, 0.1) is 5.92 Å². The van der Waals surface area contributed by atoms with Crippen molar-refractivity contribution in [3.05, 3.63) is 0 Å². The Bertz CT molecular complexity index is 161. The predicted octanol–water partition coefficient (Wildman–Crippen LogP) is 0.898. The molecule has 1 aliphatic heterocycles. The third-order valence-corrected chi connectivity index (χ3v) is 2.81. The van der Waals surface area contributed by atoms with Crippen molar-refractivity contribution in [2.75, 3.05) is 0 Å². The topological polar surface area (TPSA) is 55.5 Å². The zero-order valence-electron chi connectivity index (χ0n) is 8.73. The Morgan fingerprint density at radius 1 is 1.38 bits per heavy atom. The molecule has 3 heteroatoms. The summed E-state index contributed by atoms with van der Waals surface area (Å²) in [5, 5.41) is 9.86. The maximum atomic E-state index is 9.86. The van der Waals surface area contributed by atoms with Crippen molar-refractivity contribution in [2.24, 2.45) is 11.7 Å². The lowest BCUT2D eigenvalue weighted by molar-refractivity contribution is -0.0440. The van der Waals surface area contributed by atoms with Crippen molar-refractivity contribution in [1.82, 2.24) is 0 Å². The van der Waals surface area contributed by atoms with Crippen LogP contribution in [-0.4, -0.2) is 29.5 Å². The highest BCUT2D eigenvalue weighted by atomic mass is 16.5. The first-order valence-electron chi connectivity index (χ1n) is 5.11. The Labute approximate surface area is 80.3 Å². The van der Waals surface area contributed by atoms with Gasteiger partial charge in [0.15, 0.2) is 0 Å². The first kappa shape index (κ1) is 11.0. The van der Waals surface area contributed by atoms with Crippen LogP contribution in [0.1, 0.15) is 33.6 Å². The number of nitrogens with two attached hydrogens (primary N) is 1. The van der Waals surface area contributed by atoms with Gasteiger partial charge in [0.1, 0.15) is 0 Å². The fourth-order valence-corrected chi connectivity index (χ4v) is 1.73. The lowest BCUT2D eigenvalue weighted by Gasteiger charge is -2.26. The minimum atomic E-state index is -0.509. The van der Waals surface area contributed by atoms with Crippen molar-refractivity contribution in [2.45, 2.75) is 58.0 Å². The average molecular weight is 187 g/mol. The molecule has 0 aromatic carbocycles. The average Bonchev–Trinajstić information content (AvgIpc) is 2.49. The van der Waals surface area contributed by atoms with E-state index in [1.807, 2.05) is 20.8 Å². The highest BCUT2D eigenvalue weighted by molar-refractivity contribution is 4.85. The van der Waals surface area contributed by atoms with Gasteiger partial charge < -0.3 is 15.6 Å². The highest BCUT2D eigenvalue weighted by Crippen LogP contribution is 2.24. The minimum absolute atomic E-state index is 0.0487. The number of aliphatic hydroxyl groups is 1. The van der Waals surface area contributed by atoms with Gasteiger partial charge in [-0.25, -0.2) is 0 Å². The summed E-state index contributed by atoms with van der Waals surface area (Å²) in [6, 6.07) is -0.171. The number of rotatable bonds is 3. The normalized spacial score (nSPS) is 33.7. The molecule has 0 radical (unpaired) electrons. The first-order valence-corrected chi connectivity index (χ1v) is 5.11. The van der Waals surface area contributed by atoms with E-state index in [4.69, 9.17) is 10.5 Å². The molecule has 0 aliphatic carbocycles. The number of ether oxygens (including phenoxy) is 1. The molecule has 0 aromatic rings. The summed E-state index contributed by atoms with van der Waals surface area (Å²) in [4.78, 5) is 0. The molecule has 1 fully saturated rings. The molecule has 0 saturated carbocycles. The molecule has 1 rings (SSSR count). The van der Waals surface area contributed by atoms with Crippen molar-refractivity contribution >= 4 is 0 Å². The van der Waals surface area contributed by atoms with Gasteiger partial charge in [0.2, 0.25) is 0 Å². The molecule has 4 atom stereocenters. The van der Waals surface area contributed by atoms with E-state index in [0.29, 0.717) is 5.92 Å². The fraction of sp³-hybridized carbons (Fsp3) is 1.00. The second kappa shape index (κ2) is 4.40. The fourth-order valence-electron chi connectivity index (χ4n) is 1.73. The van der Waals surface area contributed by atoms with Crippen LogP contribution in [0.25, 0.3) is 0 Å². The van der Waals surface area contributed by atoms with Crippen LogP contribution in [0.15, 0.2) is 0 Å². The molecule has 1 heterocycles. The maximum Gasteiger partial charge on any atom is 0.0954 e. The highest BCUT2D eigenvalue weighted by Gasteiger charge is 2.32. The Morgan fingerprint density at radius 3 is 2.38 bits per heavy atom.